The van der Waals surface area contributed by atoms with E-state index in [-0.39, 0.29) is 11.5 Å². The molecule has 0 aliphatic heterocycles. The summed E-state index contributed by atoms with van der Waals surface area (Å²) in [5, 5.41) is 13.6. The Morgan fingerprint density at radius 3 is 2.28 bits per heavy atom. The molecule has 4 N–H and O–H groups in total. The van der Waals surface area contributed by atoms with E-state index in [2.05, 4.69) is 10.5 Å². The van der Waals surface area contributed by atoms with Crippen molar-refractivity contribution in [3.63, 3.8) is 0 Å². The largest absolute Gasteiger partial charge is 0.409 e. The van der Waals surface area contributed by atoms with Crippen molar-refractivity contribution >= 4 is 17.4 Å². The summed E-state index contributed by atoms with van der Waals surface area (Å²) in [6.45, 7) is 2.82. The SMILES string of the molecule is CC(C)(C(=O)Nc1cc(F)cc(F)c1)C(N)=NO. The maximum absolute atomic E-state index is 12.9. The number of halogens is 2. The molecule has 0 fully saturated rings. The Hall–Kier alpha value is -2.18. The van der Waals surface area contributed by atoms with Gasteiger partial charge in [-0.15, -0.1) is 0 Å². The van der Waals surface area contributed by atoms with E-state index in [1.807, 2.05) is 0 Å². The lowest BCUT2D eigenvalue weighted by Crippen LogP contribution is -2.42. The Morgan fingerprint density at radius 2 is 1.83 bits per heavy atom. The molecule has 0 aromatic heterocycles. The molecule has 0 unspecified atom stereocenters. The fraction of sp³-hybridized carbons (Fsp3) is 0.273. The Labute approximate surface area is 102 Å². The number of amides is 1. The molecular weight excluding hydrogens is 244 g/mol. The van der Waals surface area contributed by atoms with Crippen LogP contribution in [0.25, 0.3) is 0 Å². The number of benzene rings is 1. The van der Waals surface area contributed by atoms with Crippen molar-refractivity contribution < 1.29 is 18.8 Å². The molecule has 0 spiro atoms. The molecule has 0 saturated carbocycles. The van der Waals surface area contributed by atoms with Crippen LogP contribution in [0.4, 0.5) is 14.5 Å². The summed E-state index contributed by atoms with van der Waals surface area (Å²) in [7, 11) is 0. The average molecular weight is 257 g/mol. The smallest absolute Gasteiger partial charge is 0.237 e. The first-order chi connectivity index (χ1) is 8.27. The van der Waals surface area contributed by atoms with E-state index in [1.54, 1.807) is 0 Å². The summed E-state index contributed by atoms with van der Waals surface area (Å²) >= 11 is 0. The monoisotopic (exact) mass is 257 g/mol. The second-order valence-electron chi connectivity index (χ2n) is 4.22. The molecule has 0 radical (unpaired) electrons. The van der Waals surface area contributed by atoms with Crippen molar-refractivity contribution in [3.05, 3.63) is 29.8 Å². The fourth-order valence-corrected chi connectivity index (χ4v) is 1.15. The van der Waals surface area contributed by atoms with E-state index in [4.69, 9.17) is 10.9 Å². The summed E-state index contributed by atoms with van der Waals surface area (Å²) < 4.78 is 25.8. The van der Waals surface area contributed by atoms with E-state index < -0.39 is 23.0 Å². The van der Waals surface area contributed by atoms with E-state index in [0.29, 0.717) is 6.07 Å². The topological polar surface area (TPSA) is 87.7 Å². The molecule has 0 heterocycles. The quantitative estimate of drug-likeness (QED) is 0.333. The molecule has 1 aromatic carbocycles. The summed E-state index contributed by atoms with van der Waals surface area (Å²) in [5.41, 5.74) is 4.00. The number of oxime groups is 1. The van der Waals surface area contributed by atoms with E-state index in [0.717, 1.165) is 12.1 Å². The summed E-state index contributed by atoms with van der Waals surface area (Å²) in [6.07, 6.45) is 0. The van der Waals surface area contributed by atoms with Crippen LogP contribution in [0, 0.1) is 17.0 Å². The van der Waals surface area contributed by atoms with Gasteiger partial charge >= 0.3 is 0 Å². The van der Waals surface area contributed by atoms with Gasteiger partial charge in [-0.2, -0.15) is 0 Å². The number of carbonyl (C=O) groups excluding carboxylic acids is 1. The fourth-order valence-electron chi connectivity index (χ4n) is 1.15. The molecule has 1 amide bonds. The van der Waals surface area contributed by atoms with E-state index in [9.17, 15) is 13.6 Å². The molecule has 1 rings (SSSR count). The van der Waals surface area contributed by atoms with Crippen LogP contribution in [-0.2, 0) is 4.79 Å². The predicted octanol–water partition coefficient (Wildman–Crippen LogP) is 1.68. The van der Waals surface area contributed by atoms with E-state index in [1.165, 1.54) is 13.8 Å². The molecule has 1 aromatic rings. The number of rotatable bonds is 3. The van der Waals surface area contributed by atoms with Crippen molar-refractivity contribution in [2.45, 2.75) is 13.8 Å². The molecule has 7 heteroatoms. The standard InChI is InChI=1S/C11H13F2N3O2/c1-11(2,9(14)16-18)10(17)15-8-4-6(12)3-7(13)5-8/h3-5,18H,1-2H3,(H2,14,16)(H,15,17). The Bertz CT molecular complexity index is 481. The average Bonchev–Trinajstić information content (AvgIpc) is 2.26. The highest BCUT2D eigenvalue weighted by atomic mass is 19.1. The molecule has 0 atom stereocenters. The lowest BCUT2D eigenvalue weighted by Gasteiger charge is -2.21. The van der Waals surface area contributed by atoms with Crippen LogP contribution in [0.15, 0.2) is 23.4 Å². The number of hydrogen-bond donors (Lipinski definition) is 3. The minimum Gasteiger partial charge on any atom is -0.409 e. The van der Waals surface area contributed by atoms with Crippen LogP contribution < -0.4 is 11.1 Å². The lowest BCUT2D eigenvalue weighted by molar-refractivity contribution is -0.121. The summed E-state index contributed by atoms with van der Waals surface area (Å²) in [6, 6.07) is 2.61. The van der Waals surface area contributed by atoms with Crippen LogP contribution >= 0.6 is 0 Å². The van der Waals surface area contributed by atoms with Crippen LogP contribution in [0.5, 0.6) is 0 Å². The number of anilines is 1. The maximum Gasteiger partial charge on any atom is 0.237 e. The minimum atomic E-state index is -1.31. The van der Waals surface area contributed by atoms with Gasteiger partial charge in [0.2, 0.25) is 5.91 Å². The molecule has 5 nitrogen and oxygen atoms in total. The number of carbonyl (C=O) groups is 1. The number of amidine groups is 1. The third-order valence-corrected chi connectivity index (χ3v) is 2.44. The zero-order valence-electron chi connectivity index (χ0n) is 9.87. The number of nitrogens with two attached hydrogens (primary N) is 1. The van der Waals surface area contributed by atoms with Crippen LogP contribution in [0.3, 0.4) is 0 Å². The van der Waals surface area contributed by atoms with Gasteiger partial charge in [0.25, 0.3) is 0 Å². The van der Waals surface area contributed by atoms with Gasteiger partial charge in [0.1, 0.15) is 17.0 Å². The molecule has 18 heavy (non-hydrogen) atoms. The van der Waals surface area contributed by atoms with Crippen molar-refractivity contribution in [1.29, 1.82) is 0 Å². The van der Waals surface area contributed by atoms with Crippen molar-refractivity contribution in [3.8, 4) is 0 Å². The Morgan fingerprint density at radius 1 is 1.33 bits per heavy atom. The summed E-state index contributed by atoms with van der Waals surface area (Å²) in [4.78, 5) is 11.8. The maximum atomic E-state index is 12.9. The van der Waals surface area contributed by atoms with Gasteiger partial charge in [-0.25, -0.2) is 8.78 Å². The lowest BCUT2D eigenvalue weighted by atomic mass is 9.91. The molecule has 0 bridgehead atoms. The highest BCUT2D eigenvalue weighted by Crippen LogP contribution is 2.20. The highest BCUT2D eigenvalue weighted by Gasteiger charge is 2.33. The van der Waals surface area contributed by atoms with Crippen molar-refractivity contribution in [1.82, 2.24) is 0 Å². The zero-order valence-corrected chi connectivity index (χ0v) is 9.87. The van der Waals surface area contributed by atoms with Gasteiger partial charge in [0, 0.05) is 11.8 Å². The minimum absolute atomic E-state index is 0.0451. The summed E-state index contributed by atoms with van der Waals surface area (Å²) in [5.74, 6) is -2.58. The Kier molecular flexibility index (Phi) is 3.85. The van der Waals surface area contributed by atoms with Gasteiger partial charge in [0.05, 0.1) is 0 Å². The van der Waals surface area contributed by atoms with Crippen molar-refractivity contribution in [2.24, 2.45) is 16.3 Å². The van der Waals surface area contributed by atoms with Crippen molar-refractivity contribution in [2.75, 3.05) is 5.32 Å². The second-order valence-corrected chi connectivity index (χ2v) is 4.22. The Balaban J connectivity index is 2.94. The van der Waals surface area contributed by atoms with Crippen LogP contribution in [0.2, 0.25) is 0 Å². The first-order valence-corrected chi connectivity index (χ1v) is 5.03. The van der Waals surface area contributed by atoms with E-state index >= 15 is 0 Å². The molecule has 0 aliphatic carbocycles. The number of nitrogens with zero attached hydrogens (tertiary/aromatic N) is 1. The normalized spacial score (nSPS) is 12.3. The predicted molar refractivity (Wildman–Crippen MR) is 62.2 cm³/mol. The van der Waals surface area contributed by atoms with Gasteiger partial charge in [-0.05, 0) is 26.0 Å². The first kappa shape index (κ1) is 13.9. The van der Waals surface area contributed by atoms with Gasteiger partial charge in [0.15, 0.2) is 5.84 Å². The highest BCUT2D eigenvalue weighted by molar-refractivity contribution is 6.11. The first-order valence-electron chi connectivity index (χ1n) is 5.03. The van der Waals surface area contributed by atoms with Gasteiger partial charge in [-0.1, -0.05) is 5.16 Å². The van der Waals surface area contributed by atoms with Crippen LogP contribution in [-0.4, -0.2) is 17.0 Å². The molecular formula is C11H13F2N3O2. The van der Waals surface area contributed by atoms with Crippen LogP contribution in [0.1, 0.15) is 13.8 Å². The zero-order chi connectivity index (χ0) is 13.9. The third kappa shape index (κ3) is 2.93. The third-order valence-electron chi connectivity index (χ3n) is 2.44. The number of nitrogens with one attached hydrogen (secondary N) is 1. The molecule has 0 aliphatic rings. The van der Waals surface area contributed by atoms with Gasteiger partial charge < -0.3 is 16.3 Å². The molecule has 98 valence electrons. The number of hydrogen-bond acceptors (Lipinski definition) is 3. The molecule has 0 saturated heterocycles. The second kappa shape index (κ2) is 4.99. The van der Waals surface area contributed by atoms with Gasteiger partial charge in [-0.3, -0.25) is 4.79 Å².